The molecule has 0 saturated heterocycles. The molecule has 0 bridgehead atoms. The summed E-state index contributed by atoms with van der Waals surface area (Å²) in [6.07, 6.45) is 3.19. The summed E-state index contributed by atoms with van der Waals surface area (Å²) in [6, 6.07) is 14.7. The molecule has 0 unspecified atom stereocenters. The van der Waals surface area contributed by atoms with Crippen LogP contribution in [0.15, 0.2) is 48.5 Å². The van der Waals surface area contributed by atoms with Gasteiger partial charge in [-0.15, -0.1) is 0 Å². The standard InChI is InChI=1S/C21H20Cl2N2O/c1-2-3-6-11-24-21(26)17-13-20(16-10-9-14(22)12-18(16)23)25-19-8-5-4-7-15(17)19/h4-5,7-10,12-13H,2-3,6,11H2,1H3,(H,24,26). The van der Waals surface area contributed by atoms with Crippen LogP contribution in [-0.4, -0.2) is 17.4 Å². The molecular weight excluding hydrogens is 367 g/mol. The number of hydrogen-bond donors (Lipinski definition) is 1. The maximum absolute atomic E-state index is 12.8. The second-order valence-corrected chi connectivity index (χ2v) is 7.00. The minimum Gasteiger partial charge on any atom is -0.352 e. The number of carbonyl (C=O) groups is 1. The second kappa shape index (κ2) is 8.52. The lowest BCUT2D eigenvalue weighted by Crippen LogP contribution is -2.24. The lowest BCUT2D eigenvalue weighted by atomic mass is 10.0. The number of nitrogens with one attached hydrogen (secondary N) is 1. The molecule has 5 heteroatoms. The fourth-order valence-corrected chi connectivity index (χ4v) is 3.38. The summed E-state index contributed by atoms with van der Waals surface area (Å²) in [5.74, 6) is -0.0916. The van der Waals surface area contributed by atoms with E-state index in [2.05, 4.69) is 17.2 Å². The molecule has 0 aliphatic heterocycles. The van der Waals surface area contributed by atoms with Crippen LogP contribution in [0, 0.1) is 0 Å². The number of benzene rings is 2. The molecule has 0 aliphatic carbocycles. The molecule has 0 fully saturated rings. The Kier molecular flexibility index (Phi) is 6.12. The van der Waals surface area contributed by atoms with Gasteiger partial charge in [-0.2, -0.15) is 0 Å². The maximum Gasteiger partial charge on any atom is 0.252 e. The number of pyridine rings is 1. The molecule has 0 aliphatic rings. The topological polar surface area (TPSA) is 42.0 Å². The Morgan fingerprint density at radius 2 is 1.88 bits per heavy atom. The minimum atomic E-state index is -0.0916. The van der Waals surface area contributed by atoms with Crippen LogP contribution in [0.1, 0.15) is 36.5 Å². The molecular formula is C21H20Cl2N2O. The van der Waals surface area contributed by atoms with E-state index >= 15 is 0 Å². The average molecular weight is 387 g/mol. The molecule has 26 heavy (non-hydrogen) atoms. The van der Waals surface area contributed by atoms with E-state index in [1.807, 2.05) is 30.3 Å². The molecule has 1 amide bonds. The van der Waals surface area contributed by atoms with Gasteiger partial charge in [0.25, 0.3) is 5.91 Å². The van der Waals surface area contributed by atoms with Gasteiger partial charge in [-0.3, -0.25) is 4.79 Å². The lowest BCUT2D eigenvalue weighted by molar-refractivity contribution is 0.0954. The van der Waals surface area contributed by atoms with Crippen molar-refractivity contribution >= 4 is 40.0 Å². The highest BCUT2D eigenvalue weighted by Gasteiger charge is 2.15. The van der Waals surface area contributed by atoms with Crippen molar-refractivity contribution in [3.63, 3.8) is 0 Å². The molecule has 0 radical (unpaired) electrons. The van der Waals surface area contributed by atoms with E-state index in [0.29, 0.717) is 27.8 Å². The Labute approximate surface area is 163 Å². The van der Waals surface area contributed by atoms with Crippen LogP contribution in [0.25, 0.3) is 22.2 Å². The van der Waals surface area contributed by atoms with Crippen LogP contribution in [0.5, 0.6) is 0 Å². The molecule has 134 valence electrons. The number of aromatic nitrogens is 1. The van der Waals surface area contributed by atoms with Crippen molar-refractivity contribution in [2.75, 3.05) is 6.54 Å². The number of halogens is 2. The molecule has 1 N–H and O–H groups in total. The van der Waals surface area contributed by atoms with E-state index in [9.17, 15) is 4.79 Å². The summed E-state index contributed by atoms with van der Waals surface area (Å²) in [7, 11) is 0. The van der Waals surface area contributed by atoms with Gasteiger partial charge in [0.2, 0.25) is 0 Å². The van der Waals surface area contributed by atoms with E-state index in [0.717, 1.165) is 35.7 Å². The van der Waals surface area contributed by atoms with E-state index in [1.165, 1.54) is 0 Å². The van der Waals surface area contributed by atoms with Crippen LogP contribution in [0.4, 0.5) is 0 Å². The average Bonchev–Trinajstić information content (AvgIpc) is 2.64. The number of hydrogen-bond acceptors (Lipinski definition) is 2. The first-order chi connectivity index (χ1) is 12.6. The summed E-state index contributed by atoms with van der Waals surface area (Å²) >= 11 is 12.3. The first-order valence-corrected chi connectivity index (χ1v) is 9.49. The highest BCUT2D eigenvalue weighted by atomic mass is 35.5. The number of unbranched alkanes of at least 4 members (excludes halogenated alkanes) is 2. The van der Waals surface area contributed by atoms with Crippen molar-refractivity contribution < 1.29 is 4.79 Å². The van der Waals surface area contributed by atoms with Crippen molar-refractivity contribution in [1.29, 1.82) is 0 Å². The van der Waals surface area contributed by atoms with Crippen molar-refractivity contribution in [2.24, 2.45) is 0 Å². The Balaban J connectivity index is 2.02. The van der Waals surface area contributed by atoms with Gasteiger partial charge >= 0.3 is 0 Å². The fourth-order valence-electron chi connectivity index (χ4n) is 2.87. The molecule has 0 spiro atoms. The quantitative estimate of drug-likeness (QED) is 0.517. The van der Waals surface area contributed by atoms with Gasteiger partial charge < -0.3 is 5.32 Å². The number of nitrogens with zero attached hydrogens (tertiary/aromatic N) is 1. The molecule has 3 aromatic rings. The van der Waals surface area contributed by atoms with Crippen molar-refractivity contribution in [3.8, 4) is 11.3 Å². The summed E-state index contributed by atoms with van der Waals surface area (Å²) in [5.41, 5.74) is 2.77. The molecule has 1 heterocycles. The van der Waals surface area contributed by atoms with E-state index in [-0.39, 0.29) is 5.91 Å². The number of carbonyl (C=O) groups excluding carboxylic acids is 1. The second-order valence-electron chi connectivity index (χ2n) is 6.16. The predicted octanol–water partition coefficient (Wildman–Crippen LogP) is 6.13. The summed E-state index contributed by atoms with van der Waals surface area (Å²) in [5, 5.41) is 4.91. The number of para-hydroxylation sites is 1. The normalized spacial score (nSPS) is 10.9. The van der Waals surface area contributed by atoms with Crippen LogP contribution >= 0.6 is 23.2 Å². The van der Waals surface area contributed by atoms with Crippen LogP contribution in [0.2, 0.25) is 10.0 Å². The smallest absolute Gasteiger partial charge is 0.252 e. The molecule has 0 saturated carbocycles. The zero-order valence-electron chi connectivity index (χ0n) is 14.6. The third kappa shape index (κ3) is 4.17. The summed E-state index contributed by atoms with van der Waals surface area (Å²) < 4.78 is 0. The van der Waals surface area contributed by atoms with Crippen LogP contribution in [-0.2, 0) is 0 Å². The Morgan fingerprint density at radius 1 is 1.08 bits per heavy atom. The third-order valence-corrected chi connectivity index (χ3v) is 4.78. The molecule has 1 aromatic heterocycles. The largest absolute Gasteiger partial charge is 0.352 e. The zero-order chi connectivity index (χ0) is 18.5. The van der Waals surface area contributed by atoms with Crippen molar-refractivity contribution in [2.45, 2.75) is 26.2 Å². The highest BCUT2D eigenvalue weighted by Crippen LogP contribution is 2.31. The first kappa shape index (κ1) is 18.7. The number of amides is 1. The zero-order valence-corrected chi connectivity index (χ0v) is 16.1. The first-order valence-electron chi connectivity index (χ1n) is 8.73. The Morgan fingerprint density at radius 3 is 2.65 bits per heavy atom. The van der Waals surface area contributed by atoms with Crippen molar-refractivity contribution in [3.05, 3.63) is 64.1 Å². The van der Waals surface area contributed by atoms with Gasteiger partial charge in [-0.1, -0.05) is 61.2 Å². The van der Waals surface area contributed by atoms with Gasteiger partial charge in [-0.05, 0) is 36.8 Å². The van der Waals surface area contributed by atoms with Crippen LogP contribution in [0.3, 0.4) is 0 Å². The van der Waals surface area contributed by atoms with Gasteiger partial charge in [0, 0.05) is 22.5 Å². The van der Waals surface area contributed by atoms with Gasteiger partial charge in [0.1, 0.15) is 0 Å². The summed E-state index contributed by atoms with van der Waals surface area (Å²) in [4.78, 5) is 17.4. The third-order valence-electron chi connectivity index (χ3n) is 4.23. The minimum absolute atomic E-state index is 0.0916. The Hall–Kier alpha value is -2.10. The number of rotatable bonds is 6. The Bertz CT molecular complexity index is 940. The van der Waals surface area contributed by atoms with Crippen molar-refractivity contribution in [1.82, 2.24) is 10.3 Å². The van der Waals surface area contributed by atoms with E-state index < -0.39 is 0 Å². The van der Waals surface area contributed by atoms with Crippen LogP contribution < -0.4 is 5.32 Å². The maximum atomic E-state index is 12.8. The molecule has 3 nitrogen and oxygen atoms in total. The van der Waals surface area contributed by atoms with Gasteiger partial charge in [0.05, 0.1) is 21.8 Å². The molecule has 2 aromatic carbocycles. The SMILES string of the molecule is CCCCCNC(=O)c1cc(-c2ccc(Cl)cc2Cl)nc2ccccc12. The van der Waals surface area contributed by atoms with Gasteiger partial charge in [0.15, 0.2) is 0 Å². The molecule has 3 rings (SSSR count). The highest BCUT2D eigenvalue weighted by molar-refractivity contribution is 6.36. The van der Waals surface area contributed by atoms with Gasteiger partial charge in [-0.25, -0.2) is 4.98 Å². The monoisotopic (exact) mass is 386 g/mol. The van der Waals surface area contributed by atoms with E-state index in [1.54, 1.807) is 18.2 Å². The fraction of sp³-hybridized carbons (Fsp3) is 0.238. The summed E-state index contributed by atoms with van der Waals surface area (Å²) in [6.45, 7) is 2.81. The predicted molar refractivity (Wildman–Crippen MR) is 109 cm³/mol. The molecule has 0 atom stereocenters. The van der Waals surface area contributed by atoms with E-state index in [4.69, 9.17) is 23.2 Å². The lowest BCUT2D eigenvalue weighted by Gasteiger charge is -2.11. The number of fused-ring (bicyclic) bond motifs is 1.